The van der Waals surface area contributed by atoms with Gasteiger partial charge in [-0.3, -0.25) is 0 Å². The zero-order valence-electron chi connectivity index (χ0n) is 9.31. The highest BCUT2D eigenvalue weighted by Crippen LogP contribution is 2.26. The summed E-state index contributed by atoms with van der Waals surface area (Å²) >= 11 is 7.39. The molecule has 0 N–H and O–H groups in total. The van der Waals surface area contributed by atoms with Crippen LogP contribution in [-0.2, 0) is 4.74 Å². The Morgan fingerprint density at radius 3 is 2.71 bits per heavy atom. The molecule has 1 aliphatic rings. The first-order chi connectivity index (χ1) is 8.26. The number of aromatic nitrogens is 2. The number of anilines is 1. The summed E-state index contributed by atoms with van der Waals surface area (Å²) < 4.78 is 5.28. The molecule has 5 nitrogen and oxygen atoms in total. The Kier molecular flexibility index (Phi) is 4.05. The summed E-state index contributed by atoms with van der Waals surface area (Å²) in [6, 6.07) is 2.06. The maximum absolute atomic E-state index is 9.11. The highest BCUT2D eigenvalue weighted by Gasteiger charge is 2.20. The standard InChI is InChI=1S/C10H11ClN4OS/c1-17-10-13-8(11)7(6-12)9(14-10)15-2-4-16-5-3-15/h2-5H2,1H3. The monoisotopic (exact) mass is 270 g/mol. The minimum absolute atomic E-state index is 0.216. The molecule has 0 amide bonds. The largest absolute Gasteiger partial charge is 0.378 e. The van der Waals surface area contributed by atoms with E-state index in [1.54, 1.807) is 0 Å². The molecule has 0 aliphatic carbocycles. The van der Waals surface area contributed by atoms with Gasteiger partial charge in [0.25, 0.3) is 0 Å². The highest BCUT2D eigenvalue weighted by atomic mass is 35.5. The second-order valence-electron chi connectivity index (χ2n) is 3.41. The van der Waals surface area contributed by atoms with Crippen LogP contribution in [0, 0.1) is 11.3 Å². The van der Waals surface area contributed by atoms with Gasteiger partial charge in [0.05, 0.1) is 13.2 Å². The number of halogens is 1. The van der Waals surface area contributed by atoms with Crippen molar-refractivity contribution in [2.24, 2.45) is 0 Å². The van der Waals surface area contributed by atoms with Gasteiger partial charge in [0.1, 0.15) is 11.6 Å². The maximum atomic E-state index is 9.11. The highest BCUT2D eigenvalue weighted by molar-refractivity contribution is 7.98. The predicted molar refractivity (Wildman–Crippen MR) is 66.6 cm³/mol. The average molecular weight is 271 g/mol. The normalized spacial score (nSPS) is 15.7. The number of hydrogen-bond donors (Lipinski definition) is 0. The Balaban J connectivity index is 2.42. The van der Waals surface area contributed by atoms with E-state index >= 15 is 0 Å². The van der Waals surface area contributed by atoms with Crippen molar-refractivity contribution in [3.05, 3.63) is 10.7 Å². The fourth-order valence-corrected chi connectivity index (χ4v) is 2.21. The first-order valence-corrected chi connectivity index (χ1v) is 6.71. The maximum Gasteiger partial charge on any atom is 0.190 e. The van der Waals surface area contributed by atoms with Gasteiger partial charge in [0, 0.05) is 13.1 Å². The molecule has 17 heavy (non-hydrogen) atoms. The van der Waals surface area contributed by atoms with E-state index in [1.807, 2.05) is 11.2 Å². The smallest absolute Gasteiger partial charge is 0.190 e. The molecule has 90 valence electrons. The number of ether oxygens (including phenoxy) is 1. The lowest BCUT2D eigenvalue weighted by Gasteiger charge is -2.28. The van der Waals surface area contributed by atoms with Gasteiger partial charge in [-0.2, -0.15) is 5.26 Å². The number of hydrogen-bond acceptors (Lipinski definition) is 6. The predicted octanol–water partition coefficient (Wildman–Crippen LogP) is 1.56. The summed E-state index contributed by atoms with van der Waals surface area (Å²) in [4.78, 5) is 10.4. The quantitative estimate of drug-likeness (QED) is 0.462. The molecule has 0 aromatic carbocycles. The fraction of sp³-hybridized carbons (Fsp3) is 0.500. The first kappa shape index (κ1) is 12.4. The fourth-order valence-electron chi connectivity index (χ4n) is 1.60. The molecule has 0 saturated carbocycles. The Hall–Kier alpha value is -1.03. The van der Waals surface area contributed by atoms with Crippen molar-refractivity contribution < 1.29 is 4.74 Å². The summed E-state index contributed by atoms with van der Waals surface area (Å²) in [6.45, 7) is 2.72. The molecular formula is C10H11ClN4OS. The van der Waals surface area contributed by atoms with Crippen LogP contribution in [0.3, 0.4) is 0 Å². The van der Waals surface area contributed by atoms with E-state index in [0.29, 0.717) is 29.8 Å². The average Bonchev–Trinajstić information content (AvgIpc) is 2.38. The molecule has 1 fully saturated rings. The lowest BCUT2D eigenvalue weighted by molar-refractivity contribution is 0.122. The van der Waals surface area contributed by atoms with E-state index in [2.05, 4.69) is 16.0 Å². The van der Waals surface area contributed by atoms with Crippen molar-refractivity contribution in [1.82, 2.24) is 9.97 Å². The molecule has 2 rings (SSSR count). The van der Waals surface area contributed by atoms with Gasteiger partial charge < -0.3 is 9.64 Å². The topological polar surface area (TPSA) is 62.0 Å². The van der Waals surface area contributed by atoms with Crippen molar-refractivity contribution in [2.75, 3.05) is 37.5 Å². The van der Waals surface area contributed by atoms with Crippen LogP contribution >= 0.6 is 23.4 Å². The molecule has 0 bridgehead atoms. The Morgan fingerprint density at radius 1 is 1.41 bits per heavy atom. The number of nitrogens with zero attached hydrogens (tertiary/aromatic N) is 4. The van der Waals surface area contributed by atoms with Gasteiger partial charge >= 0.3 is 0 Å². The van der Waals surface area contributed by atoms with Gasteiger partial charge in [0.15, 0.2) is 16.1 Å². The van der Waals surface area contributed by atoms with E-state index in [-0.39, 0.29) is 5.15 Å². The van der Waals surface area contributed by atoms with Crippen LogP contribution in [0.25, 0.3) is 0 Å². The third-order valence-electron chi connectivity index (χ3n) is 2.43. The Labute approximate surface area is 109 Å². The van der Waals surface area contributed by atoms with Crippen molar-refractivity contribution >= 4 is 29.2 Å². The molecule has 0 radical (unpaired) electrons. The summed E-state index contributed by atoms with van der Waals surface area (Å²) in [7, 11) is 0. The van der Waals surface area contributed by atoms with Crippen molar-refractivity contribution in [3.8, 4) is 6.07 Å². The lowest BCUT2D eigenvalue weighted by atomic mass is 10.3. The van der Waals surface area contributed by atoms with E-state index in [1.165, 1.54) is 11.8 Å². The zero-order valence-corrected chi connectivity index (χ0v) is 10.9. The number of morpholine rings is 1. The van der Waals surface area contributed by atoms with E-state index < -0.39 is 0 Å². The van der Waals surface area contributed by atoms with Gasteiger partial charge in [-0.05, 0) is 6.26 Å². The second-order valence-corrected chi connectivity index (χ2v) is 4.54. The Bertz CT molecular complexity index is 456. The Morgan fingerprint density at radius 2 is 2.12 bits per heavy atom. The van der Waals surface area contributed by atoms with Crippen LogP contribution < -0.4 is 4.90 Å². The molecule has 1 aromatic heterocycles. The molecule has 2 heterocycles. The summed E-state index contributed by atoms with van der Waals surface area (Å²) in [5.41, 5.74) is 0.339. The summed E-state index contributed by atoms with van der Waals surface area (Å²) in [5, 5.41) is 9.91. The molecule has 0 spiro atoms. The number of nitriles is 1. The van der Waals surface area contributed by atoms with Crippen LogP contribution in [0.4, 0.5) is 5.82 Å². The summed E-state index contributed by atoms with van der Waals surface area (Å²) in [6.07, 6.45) is 1.88. The van der Waals surface area contributed by atoms with E-state index in [9.17, 15) is 0 Å². The minimum Gasteiger partial charge on any atom is -0.378 e. The molecule has 1 aliphatic heterocycles. The van der Waals surface area contributed by atoms with Gasteiger partial charge in [0.2, 0.25) is 0 Å². The van der Waals surface area contributed by atoms with Crippen LogP contribution in [0.5, 0.6) is 0 Å². The third kappa shape index (κ3) is 2.63. The van der Waals surface area contributed by atoms with E-state index in [4.69, 9.17) is 21.6 Å². The molecule has 0 atom stereocenters. The van der Waals surface area contributed by atoms with Crippen molar-refractivity contribution in [1.29, 1.82) is 5.26 Å². The van der Waals surface area contributed by atoms with Crippen molar-refractivity contribution in [2.45, 2.75) is 5.16 Å². The minimum atomic E-state index is 0.216. The summed E-state index contributed by atoms with van der Waals surface area (Å²) in [5.74, 6) is 0.611. The van der Waals surface area contributed by atoms with Crippen molar-refractivity contribution in [3.63, 3.8) is 0 Å². The third-order valence-corrected chi connectivity index (χ3v) is 3.25. The van der Waals surface area contributed by atoms with Gasteiger partial charge in [-0.25, -0.2) is 9.97 Å². The zero-order chi connectivity index (χ0) is 12.3. The second kappa shape index (κ2) is 5.54. The first-order valence-electron chi connectivity index (χ1n) is 5.10. The van der Waals surface area contributed by atoms with Crippen LogP contribution in [0.15, 0.2) is 5.16 Å². The molecule has 0 unspecified atom stereocenters. The number of rotatable bonds is 2. The van der Waals surface area contributed by atoms with Gasteiger partial charge in [-0.15, -0.1) is 0 Å². The molecular weight excluding hydrogens is 260 g/mol. The van der Waals surface area contributed by atoms with E-state index in [0.717, 1.165) is 13.1 Å². The van der Waals surface area contributed by atoms with Crippen LogP contribution in [-0.4, -0.2) is 42.5 Å². The van der Waals surface area contributed by atoms with Crippen LogP contribution in [0.2, 0.25) is 5.15 Å². The van der Waals surface area contributed by atoms with Crippen LogP contribution in [0.1, 0.15) is 5.56 Å². The molecule has 1 aromatic rings. The molecule has 1 saturated heterocycles. The lowest BCUT2D eigenvalue weighted by Crippen LogP contribution is -2.37. The van der Waals surface area contributed by atoms with Gasteiger partial charge in [-0.1, -0.05) is 23.4 Å². The number of thioether (sulfide) groups is 1. The molecule has 7 heteroatoms. The SMILES string of the molecule is CSc1nc(Cl)c(C#N)c(N2CCOCC2)n1.